The standard InChI is InChI=1S/C36H44N6O8S/c43-32-31-19-26(50-38-21-23-17-18-37-29-13-7-6-12-28(23)29)22-42(31)33(44)30(39-35(46)49-25-10-8-11-25)14-5-3-1-2-4-9-24-20-36(24,40-32)34(45)41-51(47,48)27-15-16-27/h4,6-7,9,12-13,17-18,21,24-27,30-31H,1-3,5,8,10-11,14-16,19-20,22H2,(H,39,46)(H,40,43)(H,41,45)/b9-4-,38-21+/t24-,26-,30+,31+,36+/m1/s1. The van der Waals surface area contributed by atoms with Crippen molar-refractivity contribution in [2.24, 2.45) is 11.1 Å². The lowest BCUT2D eigenvalue weighted by molar-refractivity contribution is -0.141. The average Bonchev–Trinajstić information content (AvgIpc) is 4.02. The van der Waals surface area contributed by atoms with E-state index in [2.05, 4.69) is 25.5 Å². The lowest BCUT2D eigenvalue weighted by Gasteiger charge is -2.30. The SMILES string of the molecule is O=C(N[C@H]1CCCCC/C=C\[C@@H]2C[C@]2(C(=O)NS(=O)(=O)C2CC2)NC(=O)[C@@H]2C[C@@H](O/N=C/c3ccnc4ccccc34)CN2C1=O)OC1CCC1. The molecular weight excluding hydrogens is 676 g/mol. The van der Waals surface area contributed by atoms with Gasteiger partial charge in [-0.15, -0.1) is 0 Å². The molecule has 15 heteroatoms. The Morgan fingerprint density at radius 1 is 1.02 bits per heavy atom. The van der Waals surface area contributed by atoms with E-state index in [0.29, 0.717) is 32.1 Å². The van der Waals surface area contributed by atoms with Crippen molar-refractivity contribution in [1.82, 2.24) is 25.2 Å². The zero-order chi connectivity index (χ0) is 35.6. The third-order valence-corrected chi connectivity index (χ3v) is 12.4. The maximum Gasteiger partial charge on any atom is 0.408 e. The number of nitrogens with one attached hydrogen (secondary N) is 3. The summed E-state index contributed by atoms with van der Waals surface area (Å²) in [5, 5.41) is 10.1. The van der Waals surface area contributed by atoms with Crippen LogP contribution in [-0.2, 0) is 34.0 Å². The highest BCUT2D eigenvalue weighted by Gasteiger charge is 2.62. The van der Waals surface area contributed by atoms with Crippen molar-refractivity contribution >= 4 is 51.0 Å². The number of hydrogen-bond donors (Lipinski definition) is 3. The van der Waals surface area contributed by atoms with E-state index in [4.69, 9.17) is 9.57 Å². The molecule has 3 heterocycles. The van der Waals surface area contributed by atoms with Gasteiger partial charge in [0.15, 0.2) is 0 Å². The van der Waals surface area contributed by atoms with Crippen LogP contribution >= 0.6 is 0 Å². The molecule has 3 saturated carbocycles. The molecule has 3 N–H and O–H groups in total. The zero-order valence-corrected chi connectivity index (χ0v) is 29.2. The Morgan fingerprint density at radius 2 is 1.84 bits per heavy atom. The predicted molar refractivity (Wildman–Crippen MR) is 187 cm³/mol. The molecule has 1 aromatic heterocycles. The highest BCUT2D eigenvalue weighted by molar-refractivity contribution is 7.91. The summed E-state index contributed by atoms with van der Waals surface area (Å²) in [7, 11) is -3.87. The van der Waals surface area contributed by atoms with Crippen LogP contribution in [0.25, 0.3) is 10.9 Å². The van der Waals surface area contributed by atoms with Crippen molar-refractivity contribution < 1.29 is 37.2 Å². The van der Waals surface area contributed by atoms with Crippen LogP contribution in [0.15, 0.2) is 53.8 Å². The number of rotatable bonds is 8. The minimum Gasteiger partial charge on any atom is -0.446 e. The zero-order valence-electron chi connectivity index (χ0n) is 28.4. The highest BCUT2D eigenvalue weighted by atomic mass is 32.2. The first kappa shape index (κ1) is 34.9. The molecule has 51 heavy (non-hydrogen) atoms. The number of ether oxygens (including phenoxy) is 1. The van der Waals surface area contributed by atoms with E-state index < -0.39 is 68.7 Å². The highest BCUT2D eigenvalue weighted by Crippen LogP contribution is 2.46. The first-order chi connectivity index (χ1) is 24.6. The molecule has 14 nitrogen and oxygen atoms in total. The number of alkyl carbamates (subject to hydrolysis) is 1. The molecule has 4 amide bonds. The molecular formula is C36H44N6O8S. The average molecular weight is 721 g/mol. The third-order valence-electron chi connectivity index (χ3n) is 10.5. The molecule has 2 aliphatic heterocycles. The van der Waals surface area contributed by atoms with Crippen molar-refractivity contribution in [2.75, 3.05) is 6.54 Å². The van der Waals surface area contributed by atoms with E-state index in [0.717, 1.165) is 48.6 Å². The molecule has 4 fully saturated rings. The van der Waals surface area contributed by atoms with Crippen LogP contribution in [0.3, 0.4) is 0 Å². The fraction of sp³-hybridized carbons (Fsp3) is 0.556. The monoisotopic (exact) mass is 720 g/mol. The molecule has 3 aliphatic carbocycles. The topological polar surface area (TPSA) is 185 Å². The Labute approximate surface area is 296 Å². The Kier molecular flexibility index (Phi) is 9.99. The Morgan fingerprint density at radius 3 is 2.63 bits per heavy atom. The number of fused-ring (bicyclic) bond motifs is 3. The first-order valence-electron chi connectivity index (χ1n) is 18.0. The van der Waals surface area contributed by atoms with E-state index in [1.807, 2.05) is 36.4 Å². The van der Waals surface area contributed by atoms with Crippen LogP contribution in [-0.4, -0.2) is 90.0 Å². The van der Waals surface area contributed by atoms with Gasteiger partial charge in [0, 0.05) is 29.5 Å². The van der Waals surface area contributed by atoms with E-state index in [1.54, 1.807) is 18.5 Å². The second-order valence-electron chi connectivity index (χ2n) is 14.3. The van der Waals surface area contributed by atoms with Crippen molar-refractivity contribution in [3.63, 3.8) is 0 Å². The third kappa shape index (κ3) is 7.87. The summed E-state index contributed by atoms with van der Waals surface area (Å²) in [5.74, 6) is -2.27. The van der Waals surface area contributed by atoms with Crippen LogP contribution in [0.2, 0.25) is 0 Å². The molecule has 0 unspecified atom stereocenters. The Hall–Kier alpha value is -4.53. The minimum atomic E-state index is -3.87. The summed E-state index contributed by atoms with van der Waals surface area (Å²) < 4.78 is 33.2. The molecule has 2 aromatic rings. The van der Waals surface area contributed by atoms with Crippen LogP contribution < -0.4 is 15.4 Å². The van der Waals surface area contributed by atoms with Gasteiger partial charge in [-0.2, -0.15) is 0 Å². The number of hydrogen-bond acceptors (Lipinski definition) is 10. The number of aromatic nitrogens is 1. The van der Waals surface area contributed by atoms with Crippen molar-refractivity contribution in [1.29, 1.82) is 0 Å². The van der Waals surface area contributed by atoms with Crippen molar-refractivity contribution in [3.05, 3.63) is 54.2 Å². The fourth-order valence-electron chi connectivity index (χ4n) is 7.06. The van der Waals surface area contributed by atoms with E-state index in [-0.39, 0.29) is 25.5 Å². The number of benzene rings is 1. The maximum absolute atomic E-state index is 14.3. The summed E-state index contributed by atoms with van der Waals surface area (Å²) in [6.45, 7) is -0.000206. The quantitative estimate of drug-likeness (QED) is 0.209. The molecule has 0 spiro atoms. The van der Waals surface area contributed by atoms with Crippen LogP contribution in [0, 0.1) is 5.92 Å². The second-order valence-corrected chi connectivity index (χ2v) is 16.3. The number of sulfonamides is 1. The normalized spacial score (nSPS) is 29.5. The van der Waals surface area contributed by atoms with Crippen LogP contribution in [0.4, 0.5) is 4.79 Å². The van der Waals surface area contributed by atoms with Gasteiger partial charge >= 0.3 is 6.09 Å². The summed E-state index contributed by atoms with van der Waals surface area (Å²) in [6, 6.07) is 7.38. The van der Waals surface area contributed by atoms with Crippen LogP contribution in [0.5, 0.6) is 0 Å². The summed E-state index contributed by atoms with van der Waals surface area (Å²) in [5.41, 5.74) is 0.0909. The molecule has 5 atom stereocenters. The largest absolute Gasteiger partial charge is 0.446 e. The lowest BCUT2D eigenvalue weighted by atomic mass is 9.96. The van der Waals surface area contributed by atoms with Gasteiger partial charge in [0.25, 0.3) is 5.91 Å². The number of carbonyl (C=O) groups is 4. The first-order valence-corrected chi connectivity index (χ1v) is 19.5. The number of para-hydroxylation sites is 1. The minimum absolute atomic E-state index is 0.000206. The van der Waals surface area contributed by atoms with Gasteiger partial charge in [-0.1, -0.05) is 48.3 Å². The van der Waals surface area contributed by atoms with Gasteiger partial charge in [-0.05, 0) is 69.9 Å². The molecule has 1 saturated heterocycles. The Bertz CT molecular complexity index is 1840. The van der Waals surface area contributed by atoms with Crippen molar-refractivity contribution in [3.8, 4) is 0 Å². The van der Waals surface area contributed by atoms with Crippen LogP contribution in [0.1, 0.15) is 82.6 Å². The summed E-state index contributed by atoms with van der Waals surface area (Å²) in [4.78, 5) is 66.6. The molecule has 5 aliphatic rings. The van der Waals surface area contributed by atoms with Gasteiger partial charge in [0.05, 0.1) is 23.5 Å². The molecule has 0 radical (unpaired) electrons. The van der Waals surface area contributed by atoms with Gasteiger partial charge in [-0.25, -0.2) is 13.2 Å². The maximum atomic E-state index is 14.3. The smallest absolute Gasteiger partial charge is 0.408 e. The predicted octanol–water partition coefficient (Wildman–Crippen LogP) is 3.21. The number of pyridine rings is 1. The Balaban J connectivity index is 1.13. The van der Waals surface area contributed by atoms with Gasteiger partial charge in [0.2, 0.25) is 21.8 Å². The summed E-state index contributed by atoms with van der Waals surface area (Å²) >= 11 is 0. The second kappa shape index (κ2) is 14.6. The van der Waals surface area contributed by atoms with Crippen molar-refractivity contribution in [2.45, 2.75) is 112 Å². The molecule has 272 valence electrons. The number of allylic oxidation sites excluding steroid dienone is 1. The van der Waals surface area contributed by atoms with Gasteiger partial charge in [0.1, 0.15) is 29.8 Å². The summed E-state index contributed by atoms with van der Waals surface area (Å²) in [6.07, 6.45) is 12.6. The number of nitrogens with zero attached hydrogens (tertiary/aromatic N) is 3. The van der Waals surface area contributed by atoms with E-state index in [1.165, 1.54) is 4.90 Å². The fourth-order valence-corrected chi connectivity index (χ4v) is 8.42. The number of oxime groups is 1. The number of carbonyl (C=O) groups excluding carboxylic acids is 4. The lowest BCUT2D eigenvalue weighted by Crippen LogP contribution is -2.58. The van der Waals surface area contributed by atoms with Gasteiger partial charge in [-0.3, -0.25) is 24.1 Å². The van der Waals surface area contributed by atoms with E-state index >= 15 is 0 Å². The van der Waals surface area contributed by atoms with E-state index in [9.17, 15) is 27.6 Å². The van der Waals surface area contributed by atoms with Gasteiger partial charge < -0.3 is 25.1 Å². The molecule has 7 rings (SSSR count). The molecule has 0 bridgehead atoms. The number of amides is 4. The molecule has 1 aromatic carbocycles.